The van der Waals surface area contributed by atoms with Crippen molar-refractivity contribution >= 4 is 34.8 Å². The number of β-amino-alcohol motifs (C(OH)–C–C–N with tert-alkyl or cyclic N) is 1. The minimum absolute atomic E-state index is 0.0133. The zero-order valence-electron chi connectivity index (χ0n) is 18.1. The van der Waals surface area contributed by atoms with E-state index in [-0.39, 0.29) is 12.1 Å². The lowest BCUT2D eigenvalue weighted by Crippen LogP contribution is -2.54. The van der Waals surface area contributed by atoms with Crippen molar-refractivity contribution in [1.29, 1.82) is 0 Å². The fraction of sp³-hybridized carbons (Fsp3) is 0.565. The molecule has 168 valence electrons. The number of rotatable bonds is 7. The third-order valence-electron chi connectivity index (χ3n) is 6.38. The van der Waals surface area contributed by atoms with Crippen LogP contribution in [0.2, 0.25) is 10.0 Å². The van der Waals surface area contributed by atoms with Gasteiger partial charge in [-0.15, -0.1) is 0 Å². The van der Waals surface area contributed by atoms with E-state index in [9.17, 15) is 5.11 Å². The Hall–Kier alpha value is -1.60. The molecule has 0 unspecified atom stereocenters. The molecule has 2 aliphatic heterocycles. The molecular formula is C23H31Cl2N5O. The first-order chi connectivity index (χ1) is 14.9. The summed E-state index contributed by atoms with van der Waals surface area (Å²) in [6.45, 7) is 8.93. The normalized spacial score (nSPS) is 22.1. The SMILES string of the molecule is C[C@H](O)CN1CCC[C@H](C2CN(c3cncc(N[C@H](C)c4ccc(Cl)cc4Cl)n3)C2)C1. The maximum absolute atomic E-state index is 9.70. The summed E-state index contributed by atoms with van der Waals surface area (Å²) in [5, 5.41) is 14.4. The first-order valence-corrected chi connectivity index (χ1v) is 11.8. The summed E-state index contributed by atoms with van der Waals surface area (Å²) in [6.07, 6.45) is 5.82. The largest absolute Gasteiger partial charge is 0.392 e. The molecular weight excluding hydrogens is 433 g/mol. The second-order valence-corrected chi connectivity index (χ2v) is 9.81. The molecule has 3 heterocycles. The number of benzene rings is 1. The van der Waals surface area contributed by atoms with Gasteiger partial charge in [0.15, 0.2) is 0 Å². The van der Waals surface area contributed by atoms with Crippen molar-refractivity contribution in [2.24, 2.45) is 11.8 Å². The molecule has 1 aromatic heterocycles. The van der Waals surface area contributed by atoms with Crippen LogP contribution in [0.4, 0.5) is 11.6 Å². The molecule has 0 aliphatic carbocycles. The van der Waals surface area contributed by atoms with E-state index in [4.69, 9.17) is 28.2 Å². The average molecular weight is 464 g/mol. The van der Waals surface area contributed by atoms with Gasteiger partial charge in [-0.1, -0.05) is 29.3 Å². The van der Waals surface area contributed by atoms with Crippen LogP contribution < -0.4 is 10.2 Å². The maximum Gasteiger partial charge on any atom is 0.149 e. The fourth-order valence-electron chi connectivity index (χ4n) is 4.74. The Labute approximate surface area is 194 Å². The molecule has 8 heteroatoms. The molecule has 2 aliphatic rings. The van der Waals surface area contributed by atoms with Crippen molar-refractivity contribution in [3.8, 4) is 0 Å². The van der Waals surface area contributed by atoms with E-state index < -0.39 is 0 Å². The number of anilines is 2. The minimum Gasteiger partial charge on any atom is -0.392 e. The summed E-state index contributed by atoms with van der Waals surface area (Å²) in [6, 6.07) is 5.52. The van der Waals surface area contributed by atoms with Crippen molar-refractivity contribution in [2.45, 2.75) is 38.8 Å². The van der Waals surface area contributed by atoms with Gasteiger partial charge >= 0.3 is 0 Å². The number of nitrogens with one attached hydrogen (secondary N) is 1. The molecule has 0 amide bonds. The Kier molecular flexibility index (Phi) is 7.22. The van der Waals surface area contributed by atoms with Crippen LogP contribution in [0.15, 0.2) is 30.6 Å². The molecule has 2 fully saturated rings. The predicted octanol–water partition coefficient (Wildman–Crippen LogP) is 4.49. The number of nitrogens with zero attached hydrogens (tertiary/aromatic N) is 4. The van der Waals surface area contributed by atoms with Gasteiger partial charge in [0.25, 0.3) is 0 Å². The van der Waals surface area contributed by atoms with Crippen molar-refractivity contribution in [2.75, 3.05) is 42.9 Å². The second kappa shape index (κ2) is 9.90. The van der Waals surface area contributed by atoms with Crippen molar-refractivity contribution < 1.29 is 5.11 Å². The number of likely N-dealkylation sites (tertiary alicyclic amines) is 1. The van der Waals surface area contributed by atoms with Gasteiger partial charge < -0.3 is 20.2 Å². The van der Waals surface area contributed by atoms with Crippen LogP contribution in [0.3, 0.4) is 0 Å². The number of piperidine rings is 1. The van der Waals surface area contributed by atoms with E-state index in [1.807, 2.05) is 32.2 Å². The molecule has 2 saturated heterocycles. The quantitative estimate of drug-likeness (QED) is 0.630. The third-order valence-corrected chi connectivity index (χ3v) is 6.94. The third kappa shape index (κ3) is 5.61. The van der Waals surface area contributed by atoms with Gasteiger partial charge in [0.1, 0.15) is 11.6 Å². The molecule has 2 N–H and O–H groups in total. The molecule has 4 rings (SSSR count). The lowest BCUT2D eigenvalue weighted by molar-refractivity contribution is 0.0725. The van der Waals surface area contributed by atoms with Gasteiger partial charge in [0, 0.05) is 36.2 Å². The predicted molar refractivity (Wildman–Crippen MR) is 127 cm³/mol. The molecule has 0 saturated carbocycles. The van der Waals surface area contributed by atoms with E-state index in [0.29, 0.717) is 21.9 Å². The number of aliphatic hydroxyl groups is 1. The lowest BCUT2D eigenvalue weighted by atomic mass is 9.80. The topological polar surface area (TPSA) is 64.5 Å². The van der Waals surface area contributed by atoms with E-state index in [2.05, 4.69) is 20.1 Å². The molecule has 0 radical (unpaired) electrons. The summed E-state index contributed by atoms with van der Waals surface area (Å²) in [7, 11) is 0. The summed E-state index contributed by atoms with van der Waals surface area (Å²) < 4.78 is 0. The van der Waals surface area contributed by atoms with E-state index in [1.165, 1.54) is 12.8 Å². The molecule has 31 heavy (non-hydrogen) atoms. The van der Waals surface area contributed by atoms with Gasteiger partial charge in [0.05, 0.1) is 24.5 Å². The number of hydrogen-bond donors (Lipinski definition) is 2. The molecule has 0 bridgehead atoms. The van der Waals surface area contributed by atoms with Crippen LogP contribution in [-0.2, 0) is 0 Å². The highest BCUT2D eigenvalue weighted by Crippen LogP contribution is 2.34. The zero-order valence-corrected chi connectivity index (χ0v) is 19.6. The highest BCUT2D eigenvalue weighted by Gasteiger charge is 2.36. The summed E-state index contributed by atoms with van der Waals surface area (Å²) >= 11 is 12.4. The number of aromatic nitrogens is 2. The van der Waals surface area contributed by atoms with Gasteiger partial charge in [-0.2, -0.15) is 0 Å². The molecule has 1 aromatic carbocycles. The fourth-order valence-corrected chi connectivity index (χ4v) is 5.32. The van der Waals surface area contributed by atoms with Crippen LogP contribution in [0, 0.1) is 11.8 Å². The Morgan fingerprint density at radius 3 is 2.71 bits per heavy atom. The Bertz CT molecular complexity index is 890. The van der Waals surface area contributed by atoms with Gasteiger partial charge in [-0.25, -0.2) is 4.98 Å². The number of aliphatic hydroxyl groups excluding tert-OH is 1. The first-order valence-electron chi connectivity index (χ1n) is 11.1. The second-order valence-electron chi connectivity index (χ2n) is 8.97. The molecule has 0 spiro atoms. The Balaban J connectivity index is 1.33. The maximum atomic E-state index is 9.70. The van der Waals surface area contributed by atoms with Crippen molar-refractivity contribution in [1.82, 2.24) is 14.9 Å². The summed E-state index contributed by atoms with van der Waals surface area (Å²) in [5.74, 6) is 3.03. The molecule has 2 aromatic rings. The standard InChI is InChI=1S/C23H31Cl2N5O/c1-15(31)11-29-7-3-4-17(12-29)18-13-30(14-18)23-10-26-9-22(28-23)27-16(2)20-6-5-19(24)8-21(20)25/h5-6,8-10,15-18,31H,3-4,7,11-14H2,1-2H3,(H,27,28)/t15-,16+,17-/m0/s1. The Morgan fingerprint density at radius 2 is 1.97 bits per heavy atom. The number of hydrogen-bond acceptors (Lipinski definition) is 6. The summed E-state index contributed by atoms with van der Waals surface area (Å²) in [4.78, 5) is 13.9. The van der Waals surface area contributed by atoms with Crippen LogP contribution in [0.1, 0.15) is 38.3 Å². The lowest BCUT2D eigenvalue weighted by Gasteiger charge is -2.47. The number of halogens is 2. The van der Waals surface area contributed by atoms with Crippen LogP contribution >= 0.6 is 23.2 Å². The molecule has 3 atom stereocenters. The van der Waals surface area contributed by atoms with E-state index >= 15 is 0 Å². The van der Waals surface area contributed by atoms with Crippen LogP contribution in [0.25, 0.3) is 0 Å². The average Bonchev–Trinajstić information content (AvgIpc) is 2.67. The minimum atomic E-state index is -0.257. The first kappa shape index (κ1) is 22.6. The van der Waals surface area contributed by atoms with E-state index in [1.54, 1.807) is 12.3 Å². The van der Waals surface area contributed by atoms with Gasteiger partial charge in [-0.05, 0) is 62.8 Å². The van der Waals surface area contributed by atoms with E-state index in [0.717, 1.165) is 49.9 Å². The van der Waals surface area contributed by atoms with Crippen LogP contribution in [-0.4, -0.2) is 58.8 Å². The molecule has 6 nitrogen and oxygen atoms in total. The van der Waals surface area contributed by atoms with Crippen LogP contribution in [0.5, 0.6) is 0 Å². The highest BCUT2D eigenvalue weighted by atomic mass is 35.5. The monoisotopic (exact) mass is 463 g/mol. The van der Waals surface area contributed by atoms with Gasteiger partial charge in [0.2, 0.25) is 0 Å². The zero-order chi connectivity index (χ0) is 22.0. The van der Waals surface area contributed by atoms with Crippen molar-refractivity contribution in [3.63, 3.8) is 0 Å². The smallest absolute Gasteiger partial charge is 0.149 e. The van der Waals surface area contributed by atoms with Crippen molar-refractivity contribution in [3.05, 3.63) is 46.2 Å². The summed E-state index contributed by atoms with van der Waals surface area (Å²) in [5.41, 5.74) is 0.973. The Morgan fingerprint density at radius 1 is 1.16 bits per heavy atom. The van der Waals surface area contributed by atoms with Gasteiger partial charge in [-0.3, -0.25) is 4.98 Å². The highest BCUT2D eigenvalue weighted by molar-refractivity contribution is 6.35.